The molecule has 0 aliphatic heterocycles. The van der Waals surface area contributed by atoms with Crippen molar-refractivity contribution in [1.82, 2.24) is 0 Å². The van der Waals surface area contributed by atoms with Gasteiger partial charge in [-0.25, -0.2) is 0 Å². The van der Waals surface area contributed by atoms with E-state index in [2.05, 4.69) is 6.92 Å². The quantitative estimate of drug-likeness (QED) is 0.318. The van der Waals surface area contributed by atoms with Crippen molar-refractivity contribution in [2.24, 2.45) is 0 Å². The van der Waals surface area contributed by atoms with E-state index >= 15 is 0 Å². The number of aliphatic hydroxyl groups excluding tert-OH is 1. The minimum Gasteiger partial charge on any atom is -0.368 e. The van der Waals surface area contributed by atoms with Gasteiger partial charge in [-0.15, -0.1) is 0 Å². The van der Waals surface area contributed by atoms with Crippen molar-refractivity contribution in [2.75, 3.05) is 6.61 Å². The molecule has 0 aliphatic rings. The van der Waals surface area contributed by atoms with Gasteiger partial charge in [-0.1, -0.05) is 77.6 Å². The molecule has 2 nitrogen and oxygen atoms in total. The van der Waals surface area contributed by atoms with E-state index < -0.39 is 6.29 Å². The van der Waals surface area contributed by atoms with Crippen LogP contribution >= 0.6 is 0 Å². The highest BCUT2D eigenvalue weighted by Gasteiger charge is 2.01. The summed E-state index contributed by atoms with van der Waals surface area (Å²) < 4.78 is 5.10. The monoisotopic (exact) mass is 272 g/mol. The second-order valence-corrected chi connectivity index (χ2v) is 5.59. The first-order chi connectivity index (χ1) is 9.31. The summed E-state index contributed by atoms with van der Waals surface area (Å²) >= 11 is 0. The van der Waals surface area contributed by atoms with E-state index in [0.29, 0.717) is 6.61 Å². The fourth-order valence-electron chi connectivity index (χ4n) is 2.44. The zero-order valence-electron chi connectivity index (χ0n) is 13.3. The van der Waals surface area contributed by atoms with Gasteiger partial charge in [0.05, 0.1) is 0 Å². The van der Waals surface area contributed by atoms with Gasteiger partial charge in [0.25, 0.3) is 0 Å². The summed E-state index contributed by atoms with van der Waals surface area (Å²) in [6, 6.07) is 0. The number of rotatable bonds is 15. The molecule has 0 bridgehead atoms. The van der Waals surface area contributed by atoms with E-state index in [4.69, 9.17) is 4.74 Å². The van der Waals surface area contributed by atoms with Crippen LogP contribution in [0, 0.1) is 0 Å². The molecule has 1 atom stereocenters. The summed E-state index contributed by atoms with van der Waals surface area (Å²) in [4.78, 5) is 0. The Labute approximate surface area is 120 Å². The number of ether oxygens (including phenoxy) is 1. The lowest BCUT2D eigenvalue weighted by Crippen LogP contribution is -2.10. The smallest absolute Gasteiger partial charge is 0.154 e. The van der Waals surface area contributed by atoms with Gasteiger partial charge in [-0.3, -0.25) is 0 Å². The topological polar surface area (TPSA) is 29.5 Å². The fourth-order valence-corrected chi connectivity index (χ4v) is 2.44. The van der Waals surface area contributed by atoms with Crippen LogP contribution in [0.2, 0.25) is 0 Å². The van der Waals surface area contributed by atoms with Crippen molar-refractivity contribution in [3.05, 3.63) is 0 Å². The Hall–Kier alpha value is -0.0800. The molecule has 0 radical (unpaired) electrons. The zero-order chi connectivity index (χ0) is 14.2. The summed E-state index contributed by atoms with van der Waals surface area (Å²) in [5.41, 5.74) is 0. The average molecular weight is 272 g/mol. The Balaban J connectivity index is 2.99. The molecule has 2 heteroatoms. The molecule has 0 saturated heterocycles. The molecule has 0 aromatic heterocycles. The molecule has 1 N–H and O–H groups in total. The summed E-state index contributed by atoms with van der Waals surface area (Å²) in [7, 11) is 0. The van der Waals surface area contributed by atoms with Crippen LogP contribution in [0.4, 0.5) is 0 Å². The number of unbranched alkanes of at least 4 members (excludes halogenated alkanes) is 11. The number of aliphatic hydroxyl groups is 1. The first-order valence-electron chi connectivity index (χ1n) is 8.61. The third kappa shape index (κ3) is 15.9. The lowest BCUT2D eigenvalue weighted by Gasteiger charge is -2.09. The minimum atomic E-state index is -0.534. The molecule has 0 saturated carbocycles. The maximum Gasteiger partial charge on any atom is 0.154 e. The van der Waals surface area contributed by atoms with Gasteiger partial charge < -0.3 is 9.84 Å². The maximum absolute atomic E-state index is 9.39. The van der Waals surface area contributed by atoms with E-state index in [1.165, 1.54) is 70.6 Å². The molecule has 0 aliphatic carbocycles. The molecule has 0 amide bonds. The predicted octanol–water partition coefficient (Wildman–Crippen LogP) is 5.43. The summed E-state index contributed by atoms with van der Waals surface area (Å²) in [6.45, 7) is 4.80. The van der Waals surface area contributed by atoms with Gasteiger partial charge in [-0.2, -0.15) is 0 Å². The molecule has 116 valence electrons. The Bertz CT molecular complexity index is 159. The van der Waals surface area contributed by atoms with Crippen molar-refractivity contribution in [3.63, 3.8) is 0 Å². The van der Waals surface area contributed by atoms with Gasteiger partial charge in [-0.05, 0) is 19.8 Å². The summed E-state index contributed by atoms with van der Waals surface area (Å²) in [5, 5.41) is 9.39. The Morgan fingerprint density at radius 2 is 1.11 bits per heavy atom. The van der Waals surface area contributed by atoms with Crippen LogP contribution in [0.3, 0.4) is 0 Å². The predicted molar refractivity (Wildman–Crippen MR) is 83.3 cm³/mol. The van der Waals surface area contributed by atoms with Crippen molar-refractivity contribution < 1.29 is 9.84 Å². The van der Waals surface area contributed by atoms with Crippen LogP contribution in [0.5, 0.6) is 0 Å². The zero-order valence-corrected chi connectivity index (χ0v) is 13.3. The largest absolute Gasteiger partial charge is 0.368 e. The standard InChI is InChI=1S/C17H36O2/c1-3-5-6-7-8-9-10-11-12-13-14-15-16-17(18)19-4-2/h17-18H,3-16H2,1-2H3. The maximum atomic E-state index is 9.39. The molecule has 0 fully saturated rings. The Morgan fingerprint density at radius 1 is 0.684 bits per heavy atom. The van der Waals surface area contributed by atoms with Gasteiger partial charge in [0.15, 0.2) is 6.29 Å². The third-order valence-electron chi connectivity index (χ3n) is 3.66. The van der Waals surface area contributed by atoms with Gasteiger partial charge in [0, 0.05) is 6.61 Å². The van der Waals surface area contributed by atoms with Crippen LogP contribution in [0.1, 0.15) is 97.3 Å². The van der Waals surface area contributed by atoms with E-state index in [1.54, 1.807) is 0 Å². The molecular weight excluding hydrogens is 236 g/mol. The van der Waals surface area contributed by atoms with Gasteiger partial charge in [0.1, 0.15) is 0 Å². The second kappa shape index (κ2) is 16.0. The highest BCUT2D eigenvalue weighted by Crippen LogP contribution is 2.13. The first kappa shape index (κ1) is 18.9. The molecule has 0 aromatic carbocycles. The molecule has 19 heavy (non-hydrogen) atoms. The Kier molecular flexibility index (Phi) is 15.9. The van der Waals surface area contributed by atoms with E-state index in [9.17, 15) is 5.11 Å². The van der Waals surface area contributed by atoms with Crippen molar-refractivity contribution in [1.29, 1.82) is 0 Å². The first-order valence-corrected chi connectivity index (χ1v) is 8.61. The van der Waals surface area contributed by atoms with Crippen LogP contribution in [-0.2, 0) is 4.74 Å². The molecule has 0 heterocycles. The number of hydrogen-bond donors (Lipinski definition) is 1. The van der Waals surface area contributed by atoms with Crippen molar-refractivity contribution in [2.45, 2.75) is 104 Å². The van der Waals surface area contributed by atoms with Crippen LogP contribution in [-0.4, -0.2) is 18.0 Å². The minimum absolute atomic E-state index is 0.534. The fraction of sp³-hybridized carbons (Fsp3) is 1.00. The summed E-state index contributed by atoms with van der Waals surface area (Å²) in [6.07, 6.45) is 16.5. The molecule has 0 rings (SSSR count). The van der Waals surface area contributed by atoms with Crippen LogP contribution < -0.4 is 0 Å². The average Bonchev–Trinajstić information content (AvgIpc) is 2.40. The van der Waals surface area contributed by atoms with E-state index in [-0.39, 0.29) is 0 Å². The van der Waals surface area contributed by atoms with Crippen molar-refractivity contribution >= 4 is 0 Å². The highest BCUT2D eigenvalue weighted by molar-refractivity contribution is 4.49. The SMILES string of the molecule is CCCCCCCCCCCCCCC(O)OCC. The molecule has 0 spiro atoms. The van der Waals surface area contributed by atoms with Gasteiger partial charge in [0.2, 0.25) is 0 Å². The second-order valence-electron chi connectivity index (χ2n) is 5.59. The number of hydrogen-bond acceptors (Lipinski definition) is 2. The third-order valence-corrected chi connectivity index (χ3v) is 3.66. The Morgan fingerprint density at radius 3 is 1.53 bits per heavy atom. The summed E-state index contributed by atoms with van der Waals surface area (Å²) in [5.74, 6) is 0. The lowest BCUT2D eigenvalue weighted by molar-refractivity contribution is -0.0994. The molecular formula is C17H36O2. The molecule has 0 aromatic rings. The van der Waals surface area contributed by atoms with Crippen LogP contribution in [0.25, 0.3) is 0 Å². The highest BCUT2D eigenvalue weighted by atomic mass is 16.6. The normalized spacial score (nSPS) is 12.8. The van der Waals surface area contributed by atoms with E-state index in [0.717, 1.165) is 12.8 Å². The molecule has 1 unspecified atom stereocenters. The van der Waals surface area contributed by atoms with Crippen molar-refractivity contribution in [3.8, 4) is 0 Å². The van der Waals surface area contributed by atoms with Crippen LogP contribution in [0.15, 0.2) is 0 Å². The lowest BCUT2D eigenvalue weighted by atomic mass is 10.0. The van der Waals surface area contributed by atoms with E-state index in [1.807, 2.05) is 6.92 Å². The van der Waals surface area contributed by atoms with Gasteiger partial charge >= 0.3 is 0 Å².